The molecule has 146 valence electrons. The Kier molecular flexibility index (Phi) is 5.76. The lowest BCUT2D eigenvalue weighted by Gasteiger charge is -2.23. The molecule has 1 N–H and O–H groups in total. The van der Waals surface area contributed by atoms with E-state index in [1.807, 2.05) is 6.07 Å². The number of sulfonamides is 1. The average molecular weight is 419 g/mol. The summed E-state index contributed by atoms with van der Waals surface area (Å²) in [7, 11) is -3.92. The van der Waals surface area contributed by atoms with Gasteiger partial charge in [0.2, 0.25) is 0 Å². The van der Waals surface area contributed by atoms with Crippen LogP contribution in [0.4, 0.5) is 11.4 Å². The minimum absolute atomic E-state index is 0.0758. The maximum Gasteiger partial charge on any atom is 0.265 e. The van der Waals surface area contributed by atoms with Crippen LogP contribution in [0.15, 0.2) is 70.2 Å². The molecule has 2 aromatic carbocycles. The number of halogens is 1. The molecule has 28 heavy (non-hydrogen) atoms. The van der Waals surface area contributed by atoms with Crippen LogP contribution >= 0.6 is 11.6 Å². The van der Waals surface area contributed by atoms with E-state index in [1.54, 1.807) is 50.2 Å². The second kappa shape index (κ2) is 8.08. The van der Waals surface area contributed by atoms with Gasteiger partial charge < -0.3 is 9.73 Å². The van der Waals surface area contributed by atoms with Gasteiger partial charge in [0.05, 0.1) is 22.5 Å². The van der Waals surface area contributed by atoms with Crippen LogP contribution in [-0.4, -0.2) is 20.9 Å². The van der Waals surface area contributed by atoms with Gasteiger partial charge in [-0.2, -0.15) is 0 Å². The standard InChI is InChI=1S/C20H19ClN2O4S/c1-3-23(16-7-5-4-6-8-16)28(25,26)19-13-15(9-10-18(19)21)22-20(24)17-11-12-27-14(17)2/h4-13H,3H2,1-2H3,(H,22,24). The first-order valence-electron chi connectivity index (χ1n) is 8.57. The monoisotopic (exact) mass is 418 g/mol. The molecule has 1 heterocycles. The molecule has 6 nitrogen and oxygen atoms in total. The topological polar surface area (TPSA) is 79.6 Å². The molecule has 0 aliphatic heterocycles. The molecule has 3 aromatic rings. The number of anilines is 2. The lowest BCUT2D eigenvalue weighted by molar-refractivity contribution is 0.102. The van der Waals surface area contributed by atoms with Crippen molar-refractivity contribution in [3.8, 4) is 0 Å². The van der Waals surface area contributed by atoms with E-state index in [1.165, 1.54) is 22.7 Å². The van der Waals surface area contributed by atoms with E-state index in [4.69, 9.17) is 16.0 Å². The molecule has 8 heteroatoms. The summed E-state index contributed by atoms with van der Waals surface area (Å²) in [5.74, 6) is 0.0767. The lowest BCUT2D eigenvalue weighted by atomic mass is 10.2. The van der Waals surface area contributed by atoms with Crippen LogP contribution in [0.2, 0.25) is 5.02 Å². The number of benzene rings is 2. The van der Waals surface area contributed by atoms with Crippen molar-refractivity contribution in [2.45, 2.75) is 18.7 Å². The summed E-state index contributed by atoms with van der Waals surface area (Å²) in [6, 6.07) is 14.7. The van der Waals surface area contributed by atoms with Gasteiger partial charge in [0, 0.05) is 12.2 Å². The highest BCUT2D eigenvalue weighted by Crippen LogP contribution is 2.30. The third kappa shape index (κ3) is 3.90. The van der Waals surface area contributed by atoms with Crippen molar-refractivity contribution < 1.29 is 17.6 Å². The van der Waals surface area contributed by atoms with Gasteiger partial charge in [0.25, 0.3) is 15.9 Å². The number of furan rings is 1. The van der Waals surface area contributed by atoms with Crippen molar-refractivity contribution >= 4 is 38.9 Å². The van der Waals surface area contributed by atoms with Crippen LogP contribution in [0.3, 0.4) is 0 Å². The number of para-hydroxylation sites is 1. The molecule has 0 spiro atoms. The Morgan fingerprint density at radius 3 is 2.46 bits per heavy atom. The van der Waals surface area contributed by atoms with Crippen LogP contribution < -0.4 is 9.62 Å². The van der Waals surface area contributed by atoms with E-state index < -0.39 is 15.9 Å². The van der Waals surface area contributed by atoms with Gasteiger partial charge in [-0.1, -0.05) is 29.8 Å². The Morgan fingerprint density at radius 1 is 1.14 bits per heavy atom. The molecule has 0 atom stereocenters. The van der Waals surface area contributed by atoms with Crippen LogP contribution in [0, 0.1) is 6.92 Å². The number of rotatable bonds is 6. The summed E-state index contributed by atoms with van der Waals surface area (Å²) in [4.78, 5) is 12.3. The summed E-state index contributed by atoms with van der Waals surface area (Å²) >= 11 is 6.20. The van der Waals surface area contributed by atoms with E-state index in [0.29, 0.717) is 22.7 Å². The SMILES string of the molecule is CCN(c1ccccc1)S(=O)(=O)c1cc(NC(=O)c2ccoc2C)ccc1Cl. The van der Waals surface area contributed by atoms with Crippen LogP contribution in [0.5, 0.6) is 0 Å². The molecule has 3 rings (SSSR count). The van der Waals surface area contributed by atoms with Crippen LogP contribution in [0.25, 0.3) is 0 Å². The number of carbonyl (C=O) groups excluding carboxylic acids is 1. The van der Waals surface area contributed by atoms with Crippen LogP contribution in [-0.2, 0) is 10.0 Å². The van der Waals surface area contributed by atoms with Gasteiger partial charge in [0.15, 0.2) is 0 Å². The molecular formula is C20H19ClN2O4S. The maximum absolute atomic E-state index is 13.2. The molecule has 0 aliphatic carbocycles. The first-order valence-corrected chi connectivity index (χ1v) is 10.4. The van der Waals surface area contributed by atoms with Gasteiger partial charge in [0.1, 0.15) is 10.7 Å². The van der Waals surface area contributed by atoms with E-state index in [-0.39, 0.29) is 16.5 Å². The first-order chi connectivity index (χ1) is 13.3. The summed E-state index contributed by atoms with van der Waals surface area (Å²) in [5, 5.41) is 2.76. The van der Waals surface area contributed by atoms with Crippen molar-refractivity contribution in [3.63, 3.8) is 0 Å². The van der Waals surface area contributed by atoms with E-state index >= 15 is 0 Å². The zero-order chi connectivity index (χ0) is 20.3. The van der Waals surface area contributed by atoms with Crippen LogP contribution in [0.1, 0.15) is 23.0 Å². The smallest absolute Gasteiger partial charge is 0.265 e. The Morgan fingerprint density at radius 2 is 1.86 bits per heavy atom. The molecule has 0 saturated carbocycles. The molecule has 0 radical (unpaired) electrons. The van der Waals surface area contributed by atoms with Gasteiger partial charge in [-0.3, -0.25) is 9.10 Å². The van der Waals surface area contributed by atoms with Crippen molar-refractivity contribution in [2.24, 2.45) is 0 Å². The second-order valence-corrected chi connectivity index (χ2v) is 8.23. The Hall–Kier alpha value is -2.77. The van der Waals surface area contributed by atoms with Crippen molar-refractivity contribution in [1.29, 1.82) is 0 Å². The molecule has 1 aromatic heterocycles. The fourth-order valence-corrected chi connectivity index (χ4v) is 4.78. The predicted octanol–water partition coefficient (Wildman–Crippen LogP) is 4.71. The molecular weight excluding hydrogens is 400 g/mol. The number of nitrogens with zero attached hydrogens (tertiary/aromatic N) is 1. The summed E-state index contributed by atoms with van der Waals surface area (Å²) in [6.07, 6.45) is 1.42. The number of hydrogen-bond acceptors (Lipinski definition) is 4. The lowest BCUT2D eigenvalue weighted by Crippen LogP contribution is -2.31. The second-order valence-electron chi connectivity index (χ2n) is 6.00. The maximum atomic E-state index is 13.2. The normalized spacial score (nSPS) is 11.2. The van der Waals surface area contributed by atoms with Gasteiger partial charge in [-0.25, -0.2) is 8.42 Å². The number of nitrogens with one attached hydrogen (secondary N) is 1. The number of hydrogen-bond donors (Lipinski definition) is 1. The average Bonchev–Trinajstić information content (AvgIpc) is 3.10. The van der Waals surface area contributed by atoms with Crippen molar-refractivity contribution in [2.75, 3.05) is 16.2 Å². The minimum Gasteiger partial charge on any atom is -0.469 e. The van der Waals surface area contributed by atoms with Crippen molar-refractivity contribution in [3.05, 3.63) is 77.2 Å². The van der Waals surface area contributed by atoms with Gasteiger partial charge in [-0.15, -0.1) is 0 Å². The quantitative estimate of drug-likeness (QED) is 0.628. The number of amides is 1. The zero-order valence-corrected chi connectivity index (χ0v) is 16.9. The highest BCUT2D eigenvalue weighted by molar-refractivity contribution is 7.93. The molecule has 0 unspecified atom stereocenters. The van der Waals surface area contributed by atoms with E-state index in [9.17, 15) is 13.2 Å². The van der Waals surface area contributed by atoms with E-state index in [2.05, 4.69) is 5.32 Å². The predicted molar refractivity (Wildman–Crippen MR) is 109 cm³/mol. The molecule has 0 aliphatic rings. The van der Waals surface area contributed by atoms with Crippen molar-refractivity contribution in [1.82, 2.24) is 0 Å². The Balaban J connectivity index is 1.96. The Bertz CT molecular complexity index is 1090. The third-order valence-corrected chi connectivity index (χ3v) is 6.58. The minimum atomic E-state index is -3.92. The van der Waals surface area contributed by atoms with E-state index in [0.717, 1.165) is 0 Å². The summed E-state index contributed by atoms with van der Waals surface area (Å²) in [6.45, 7) is 3.64. The largest absolute Gasteiger partial charge is 0.469 e. The first kappa shape index (κ1) is 20.0. The zero-order valence-electron chi connectivity index (χ0n) is 15.3. The summed E-state index contributed by atoms with van der Waals surface area (Å²) < 4.78 is 32.8. The highest BCUT2D eigenvalue weighted by atomic mass is 35.5. The number of carbonyl (C=O) groups is 1. The van der Waals surface area contributed by atoms with Gasteiger partial charge >= 0.3 is 0 Å². The molecule has 0 fully saturated rings. The third-order valence-electron chi connectivity index (χ3n) is 4.19. The molecule has 0 bridgehead atoms. The molecule has 0 saturated heterocycles. The van der Waals surface area contributed by atoms with Gasteiger partial charge in [-0.05, 0) is 50.2 Å². The Labute approximate surface area is 168 Å². The number of aryl methyl sites for hydroxylation is 1. The summed E-state index contributed by atoms with van der Waals surface area (Å²) in [5.41, 5.74) is 1.22. The fourth-order valence-electron chi connectivity index (χ4n) is 2.80. The molecule has 1 amide bonds. The highest BCUT2D eigenvalue weighted by Gasteiger charge is 2.26. The fraction of sp³-hybridized carbons (Fsp3) is 0.150.